The van der Waals surface area contributed by atoms with Gasteiger partial charge in [0.1, 0.15) is 5.75 Å². The molecule has 0 unspecified atom stereocenters. The quantitative estimate of drug-likeness (QED) is 0.705. The van der Waals surface area contributed by atoms with Crippen molar-refractivity contribution in [1.29, 1.82) is 0 Å². The Morgan fingerprint density at radius 3 is 2.26 bits per heavy atom. The summed E-state index contributed by atoms with van der Waals surface area (Å²) in [7, 11) is -3.70. The molecule has 6 heteroatoms. The van der Waals surface area contributed by atoms with E-state index in [1.54, 1.807) is 42.5 Å². The Morgan fingerprint density at radius 1 is 1.13 bits per heavy atom. The number of ether oxygens (including phenoxy) is 1. The van der Waals surface area contributed by atoms with Crippen LogP contribution in [0.5, 0.6) is 5.75 Å². The molecule has 0 aromatic heterocycles. The number of anilines is 1. The Morgan fingerprint density at radius 2 is 1.74 bits per heavy atom. The van der Waals surface area contributed by atoms with Gasteiger partial charge >= 0.3 is 0 Å². The topological polar surface area (TPSA) is 46.6 Å². The smallest absolute Gasteiger partial charge is 0.264 e. The second-order valence-electron chi connectivity index (χ2n) is 4.71. The summed E-state index contributed by atoms with van der Waals surface area (Å²) < 4.78 is 32.4. The van der Waals surface area contributed by atoms with Crippen LogP contribution in [0.4, 0.5) is 5.69 Å². The van der Waals surface area contributed by atoms with E-state index in [1.165, 1.54) is 16.4 Å². The van der Waals surface area contributed by atoms with Gasteiger partial charge in [-0.25, -0.2) is 8.42 Å². The van der Waals surface area contributed by atoms with E-state index >= 15 is 0 Å². The van der Waals surface area contributed by atoms with Gasteiger partial charge in [0.05, 0.1) is 23.7 Å². The first-order chi connectivity index (χ1) is 11.0. The highest BCUT2D eigenvalue weighted by atomic mass is 35.5. The largest absolute Gasteiger partial charge is 0.494 e. The first-order valence-electron chi connectivity index (χ1n) is 7.11. The van der Waals surface area contributed by atoms with Crippen LogP contribution in [0.25, 0.3) is 0 Å². The van der Waals surface area contributed by atoms with Gasteiger partial charge in [-0.1, -0.05) is 17.7 Å². The average Bonchev–Trinajstić information content (AvgIpc) is 2.54. The molecule has 2 aromatic carbocycles. The number of rotatable bonds is 7. The van der Waals surface area contributed by atoms with Crippen molar-refractivity contribution in [2.24, 2.45) is 0 Å². The van der Waals surface area contributed by atoms with Crippen LogP contribution in [0.3, 0.4) is 0 Å². The molecule has 2 aromatic rings. The molecule has 4 nitrogen and oxygen atoms in total. The summed E-state index contributed by atoms with van der Waals surface area (Å²) >= 11 is 5.87. The molecule has 0 atom stereocenters. The number of hydrogen-bond acceptors (Lipinski definition) is 3. The normalized spacial score (nSPS) is 11.0. The summed E-state index contributed by atoms with van der Waals surface area (Å²) in [6, 6.07) is 13.0. The third kappa shape index (κ3) is 4.06. The van der Waals surface area contributed by atoms with E-state index in [-0.39, 0.29) is 11.4 Å². The van der Waals surface area contributed by atoms with Crippen molar-refractivity contribution < 1.29 is 13.2 Å². The second kappa shape index (κ2) is 7.53. The highest BCUT2D eigenvalue weighted by Gasteiger charge is 2.24. The molecule has 0 aliphatic rings. The van der Waals surface area contributed by atoms with Gasteiger partial charge in [0.25, 0.3) is 10.0 Å². The average molecular weight is 352 g/mol. The van der Waals surface area contributed by atoms with E-state index in [1.807, 2.05) is 6.92 Å². The first kappa shape index (κ1) is 17.4. The Bertz CT molecular complexity index is 755. The van der Waals surface area contributed by atoms with Gasteiger partial charge in [0.15, 0.2) is 0 Å². The molecule has 0 fully saturated rings. The number of benzene rings is 2. The maximum absolute atomic E-state index is 12.9. The van der Waals surface area contributed by atoms with Crippen molar-refractivity contribution in [2.45, 2.75) is 11.8 Å². The summed E-state index contributed by atoms with van der Waals surface area (Å²) in [5, 5.41) is 0.547. The molecule has 122 valence electrons. The fourth-order valence-corrected chi connectivity index (χ4v) is 3.63. The lowest BCUT2D eigenvalue weighted by Gasteiger charge is -2.23. The third-order valence-electron chi connectivity index (χ3n) is 3.13. The monoisotopic (exact) mass is 351 g/mol. The predicted octanol–water partition coefficient (Wildman–Crippen LogP) is 4.12. The van der Waals surface area contributed by atoms with Gasteiger partial charge in [-0.15, -0.1) is 6.58 Å². The molecule has 2 rings (SSSR count). The Hall–Kier alpha value is -1.98. The molecular formula is C17H18ClNO3S. The van der Waals surface area contributed by atoms with Gasteiger partial charge in [-0.3, -0.25) is 4.31 Å². The van der Waals surface area contributed by atoms with Crippen LogP contribution < -0.4 is 9.04 Å². The summed E-state index contributed by atoms with van der Waals surface area (Å²) in [5.74, 6) is 0.633. The minimum Gasteiger partial charge on any atom is -0.494 e. The maximum atomic E-state index is 12.9. The summed E-state index contributed by atoms with van der Waals surface area (Å²) in [4.78, 5) is 0.192. The molecule has 0 heterocycles. The van der Waals surface area contributed by atoms with E-state index in [0.29, 0.717) is 23.1 Å². The van der Waals surface area contributed by atoms with Crippen LogP contribution in [0.15, 0.2) is 66.1 Å². The lowest BCUT2D eigenvalue weighted by atomic mass is 10.3. The van der Waals surface area contributed by atoms with Crippen LogP contribution >= 0.6 is 11.6 Å². The van der Waals surface area contributed by atoms with Crippen molar-refractivity contribution in [3.05, 3.63) is 66.2 Å². The highest BCUT2D eigenvalue weighted by molar-refractivity contribution is 7.92. The van der Waals surface area contributed by atoms with Crippen LogP contribution in [-0.4, -0.2) is 21.6 Å². The standard InChI is InChI=1S/C17H18ClNO3S/c1-3-13-19(15-7-5-14(18)6-8-15)23(20,21)17-11-9-16(10-12-17)22-4-2/h3,5-12H,1,4,13H2,2H3. The minimum absolute atomic E-state index is 0.164. The zero-order valence-corrected chi connectivity index (χ0v) is 14.3. The Labute approximate surface area is 142 Å². The van der Waals surface area contributed by atoms with Gasteiger partial charge in [-0.05, 0) is 55.5 Å². The van der Waals surface area contributed by atoms with Crippen molar-refractivity contribution in [3.8, 4) is 5.75 Å². The summed E-state index contributed by atoms with van der Waals surface area (Å²) in [6.45, 7) is 6.20. The number of hydrogen-bond donors (Lipinski definition) is 0. The molecule has 23 heavy (non-hydrogen) atoms. The van der Waals surface area contributed by atoms with Crippen molar-refractivity contribution in [2.75, 3.05) is 17.5 Å². The highest BCUT2D eigenvalue weighted by Crippen LogP contribution is 2.26. The van der Waals surface area contributed by atoms with Crippen molar-refractivity contribution in [3.63, 3.8) is 0 Å². The van der Waals surface area contributed by atoms with Gasteiger partial charge < -0.3 is 4.74 Å². The lowest BCUT2D eigenvalue weighted by molar-refractivity contribution is 0.340. The van der Waals surface area contributed by atoms with E-state index in [0.717, 1.165) is 0 Å². The van der Waals surface area contributed by atoms with Crippen LogP contribution in [0, 0.1) is 0 Å². The number of nitrogens with zero attached hydrogens (tertiary/aromatic N) is 1. The van der Waals surface area contributed by atoms with Gasteiger partial charge in [0.2, 0.25) is 0 Å². The molecule has 0 N–H and O–H groups in total. The van der Waals surface area contributed by atoms with Crippen LogP contribution in [-0.2, 0) is 10.0 Å². The molecule has 0 saturated carbocycles. The zero-order valence-electron chi connectivity index (χ0n) is 12.8. The molecule has 0 amide bonds. The van der Waals surface area contributed by atoms with E-state index in [2.05, 4.69) is 6.58 Å². The summed E-state index contributed by atoms with van der Waals surface area (Å²) in [5.41, 5.74) is 0.531. The minimum atomic E-state index is -3.70. The molecule has 0 spiro atoms. The third-order valence-corrected chi connectivity index (χ3v) is 5.19. The predicted molar refractivity (Wildman–Crippen MR) is 93.8 cm³/mol. The van der Waals surface area contributed by atoms with Crippen LogP contribution in [0.2, 0.25) is 5.02 Å². The van der Waals surface area contributed by atoms with E-state index in [4.69, 9.17) is 16.3 Å². The van der Waals surface area contributed by atoms with Crippen LogP contribution in [0.1, 0.15) is 6.92 Å². The van der Waals surface area contributed by atoms with Gasteiger partial charge in [0, 0.05) is 5.02 Å². The maximum Gasteiger partial charge on any atom is 0.264 e. The Balaban J connectivity index is 2.39. The number of halogens is 1. The SMILES string of the molecule is C=CCN(c1ccc(Cl)cc1)S(=O)(=O)c1ccc(OCC)cc1. The Kier molecular flexibility index (Phi) is 5.69. The molecule has 0 saturated heterocycles. The molecule has 0 radical (unpaired) electrons. The van der Waals surface area contributed by atoms with E-state index < -0.39 is 10.0 Å². The number of sulfonamides is 1. The first-order valence-corrected chi connectivity index (χ1v) is 8.93. The van der Waals surface area contributed by atoms with Crippen molar-refractivity contribution >= 4 is 27.3 Å². The molecule has 0 aliphatic heterocycles. The molecule has 0 aliphatic carbocycles. The zero-order chi connectivity index (χ0) is 16.9. The lowest BCUT2D eigenvalue weighted by Crippen LogP contribution is -2.31. The molecule has 0 bridgehead atoms. The van der Waals surface area contributed by atoms with Gasteiger partial charge in [-0.2, -0.15) is 0 Å². The fraction of sp³-hybridized carbons (Fsp3) is 0.176. The fourth-order valence-electron chi connectivity index (χ4n) is 2.07. The van der Waals surface area contributed by atoms with Crippen molar-refractivity contribution in [1.82, 2.24) is 0 Å². The summed E-state index contributed by atoms with van der Waals surface area (Å²) in [6.07, 6.45) is 1.54. The molecular weight excluding hydrogens is 334 g/mol. The second-order valence-corrected chi connectivity index (χ2v) is 7.00. The van der Waals surface area contributed by atoms with E-state index in [9.17, 15) is 8.42 Å².